The molecule has 0 fully saturated rings. The number of carbonyl (C=O) groups is 1. The third-order valence-corrected chi connectivity index (χ3v) is 4.02. The quantitative estimate of drug-likeness (QED) is 0.661. The lowest BCUT2D eigenvalue weighted by atomic mass is 10.1. The third kappa shape index (κ3) is 5.12. The Morgan fingerprint density at radius 1 is 1.17 bits per heavy atom. The van der Waals surface area contributed by atoms with E-state index in [2.05, 4.69) is 19.1 Å². The van der Waals surface area contributed by atoms with Gasteiger partial charge in [0.15, 0.2) is 5.60 Å². The zero-order valence-electron chi connectivity index (χ0n) is 15.0. The summed E-state index contributed by atoms with van der Waals surface area (Å²) in [5.41, 5.74) is 1.57. The van der Waals surface area contributed by atoms with E-state index < -0.39 is 5.60 Å². The minimum Gasteiger partial charge on any atom is -0.490 e. The molecule has 3 heteroatoms. The second-order valence-electron chi connectivity index (χ2n) is 6.59. The molecule has 0 aliphatic carbocycles. The van der Waals surface area contributed by atoms with Gasteiger partial charge in [-0.1, -0.05) is 29.8 Å². The first-order valence-electron chi connectivity index (χ1n) is 8.34. The molecular weight excluding hydrogens is 300 g/mol. The molecule has 1 heterocycles. The van der Waals surface area contributed by atoms with Crippen LogP contribution in [-0.4, -0.2) is 18.0 Å². The molecule has 1 aromatic carbocycles. The highest BCUT2D eigenvalue weighted by atomic mass is 16.5. The summed E-state index contributed by atoms with van der Waals surface area (Å²) < 4.78 is 11.4. The van der Waals surface area contributed by atoms with Crippen LogP contribution in [0.5, 0.6) is 5.75 Å². The third-order valence-electron chi connectivity index (χ3n) is 4.02. The highest BCUT2D eigenvalue weighted by molar-refractivity contribution is 5.99. The predicted molar refractivity (Wildman–Crippen MR) is 96.9 cm³/mol. The fraction of sp³-hybridized carbons (Fsp3) is 0.381. The largest absolute Gasteiger partial charge is 0.490 e. The van der Waals surface area contributed by atoms with Crippen LogP contribution >= 0.6 is 0 Å². The first-order chi connectivity index (χ1) is 11.4. The van der Waals surface area contributed by atoms with Gasteiger partial charge in [-0.05, 0) is 64.3 Å². The normalized spacial score (nSPS) is 17.5. The number of allylic oxidation sites excluding steroid dienone is 3. The number of rotatable bonds is 7. The average molecular weight is 326 g/mol. The molecule has 0 spiro atoms. The minimum absolute atomic E-state index is 0.0272. The van der Waals surface area contributed by atoms with Crippen molar-refractivity contribution in [3.05, 3.63) is 65.5 Å². The highest BCUT2D eigenvalue weighted by Crippen LogP contribution is 2.28. The van der Waals surface area contributed by atoms with Gasteiger partial charge in [0.2, 0.25) is 5.78 Å². The molecule has 0 amide bonds. The smallest absolute Gasteiger partial charge is 0.202 e. The molecular formula is C21H26O3. The molecule has 1 aliphatic rings. The lowest BCUT2D eigenvalue weighted by Gasteiger charge is -2.18. The Kier molecular flexibility index (Phi) is 6.02. The fourth-order valence-corrected chi connectivity index (χ4v) is 2.36. The summed E-state index contributed by atoms with van der Waals surface area (Å²) in [5.74, 6) is 1.60. The maximum Gasteiger partial charge on any atom is 0.202 e. The Labute approximate surface area is 144 Å². The number of para-hydroxylation sites is 1. The first-order valence-corrected chi connectivity index (χ1v) is 8.34. The van der Waals surface area contributed by atoms with Gasteiger partial charge in [-0.15, -0.1) is 0 Å². The van der Waals surface area contributed by atoms with Crippen LogP contribution in [0.1, 0.15) is 40.5 Å². The molecule has 24 heavy (non-hydrogen) atoms. The molecule has 0 aromatic heterocycles. The molecule has 2 rings (SSSR count). The van der Waals surface area contributed by atoms with Crippen LogP contribution in [-0.2, 0) is 9.53 Å². The Bertz CT molecular complexity index is 664. The SMILES string of the molecule is C/C(=C\COc1ccccc1)CC/C=C(\C)C1=CC(=O)C(C)(C)O1. The molecule has 0 N–H and O–H groups in total. The molecule has 1 aliphatic heterocycles. The predicted octanol–water partition coefficient (Wildman–Crippen LogP) is 5.00. The highest BCUT2D eigenvalue weighted by Gasteiger charge is 2.35. The van der Waals surface area contributed by atoms with Gasteiger partial charge in [-0.3, -0.25) is 4.79 Å². The zero-order chi connectivity index (χ0) is 17.6. The van der Waals surface area contributed by atoms with Gasteiger partial charge in [-0.25, -0.2) is 0 Å². The number of ether oxygens (including phenoxy) is 2. The standard InChI is InChI=1S/C21H26O3/c1-16(13-14-23-18-11-6-5-7-12-18)9-8-10-17(2)19-15-20(22)21(3,4)24-19/h5-7,10-13,15H,8-9,14H2,1-4H3/b16-13+,17-10+. The second-order valence-corrected chi connectivity index (χ2v) is 6.59. The van der Waals surface area contributed by atoms with Gasteiger partial charge in [0.1, 0.15) is 18.1 Å². The van der Waals surface area contributed by atoms with E-state index in [1.807, 2.05) is 37.3 Å². The van der Waals surface area contributed by atoms with Crippen LogP contribution in [0.25, 0.3) is 0 Å². The lowest BCUT2D eigenvalue weighted by Crippen LogP contribution is -2.27. The van der Waals surface area contributed by atoms with E-state index in [0.29, 0.717) is 12.4 Å². The van der Waals surface area contributed by atoms with E-state index in [-0.39, 0.29) is 5.78 Å². The summed E-state index contributed by atoms with van der Waals surface area (Å²) >= 11 is 0. The number of carbonyl (C=O) groups excluding carboxylic acids is 1. The van der Waals surface area contributed by atoms with Crippen molar-refractivity contribution in [3.8, 4) is 5.75 Å². The molecule has 0 saturated carbocycles. The van der Waals surface area contributed by atoms with E-state index in [1.165, 1.54) is 5.57 Å². The summed E-state index contributed by atoms with van der Waals surface area (Å²) in [4.78, 5) is 11.8. The van der Waals surface area contributed by atoms with E-state index in [1.54, 1.807) is 19.9 Å². The topological polar surface area (TPSA) is 35.5 Å². The van der Waals surface area contributed by atoms with Crippen molar-refractivity contribution in [2.75, 3.05) is 6.61 Å². The molecule has 128 valence electrons. The number of ketones is 1. The summed E-state index contributed by atoms with van der Waals surface area (Å²) in [6.07, 6.45) is 7.70. The summed E-state index contributed by atoms with van der Waals surface area (Å²) in [5, 5.41) is 0. The molecule has 0 saturated heterocycles. The summed E-state index contributed by atoms with van der Waals surface area (Å²) in [6, 6.07) is 9.80. The van der Waals surface area contributed by atoms with E-state index in [0.717, 1.165) is 24.2 Å². The van der Waals surface area contributed by atoms with E-state index in [9.17, 15) is 4.79 Å². The maximum absolute atomic E-state index is 11.8. The molecule has 1 aromatic rings. The number of benzene rings is 1. The molecule has 0 bridgehead atoms. The maximum atomic E-state index is 11.8. The summed E-state index contributed by atoms with van der Waals surface area (Å²) in [7, 11) is 0. The lowest BCUT2D eigenvalue weighted by molar-refractivity contribution is -0.126. The second kappa shape index (κ2) is 8.00. The zero-order valence-corrected chi connectivity index (χ0v) is 15.0. The Hall–Kier alpha value is -2.29. The van der Waals surface area contributed by atoms with E-state index >= 15 is 0 Å². The summed E-state index contributed by atoms with van der Waals surface area (Å²) in [6.45, 7) is 8.26. The molecule has 0 radical (unpaired) electrons. The van der Waals surface area contributed by atoms with Gasteiger partial charge >= 0.3 is 0 Å². The molecule has 0 atom stereocenters. The van der Waals surface area contributed by atoms with Crippen LogP contribution in [0.3, 0.4) is 0 Å². The molecule has 3 nitrogen and oxygen atoms in total. The van der Waals surface area contributed by atoms with Crippen molar-refractivity contribution in [2.45, 2.75) is 46.1 Å². The average Bonchev–Trinajstić information content (AvgIpc) is 2.82. The van der Waals surface area contributed by atoms with Crippen molar-refractivity contribution in [1.82, 2.24) is 0 Å². The first kappa shape index (κ1) is 18.1. The minimum atomic E-state index is -0.727. The van der Waals surface area contributed by atoms with Crippen molar-refractivity contribution >= 4 is 5.78 Å². The molecule has 0 unspecified atom stereocenters. The fourth-order valence-electron chi connectivity index (χ4n) is 2.36. The monoisotopic (exact) mass is 326 g/mol. The van der Waals surface area contributed by atoms with E-state index in [4.69, 9.17) is 9.47 Å². The van der Waals surface area contributed by atoms with Gasteiger partial charge in [0.05, 0.1) is 0 Å². The Morgan fingerprint density at radius 3 is 2.50 bits per heavy atom. The van der Waals surface area contributed by atoms with Gasteiger partial charge < -0.3 is 9.47 Å². The van der Waals surface area contributed by atoms with Crippen molar-refractivity contribution < 1.29 is 14.3 Å². The van der Waals surface area contributed by atoms with Crippen LogP contribution in [0, 0.1) is 0 Å². The van der Waals surface area contributed by atoms with Crippen LogP contribution in [0.15, 0.2) is 65.5 Å². The van der Waals surface area contributed by atoms with Gasteiger partial charge in [0, 0.05) is 6.08 Å². The van der Waals surface area contributed by atoms with Crippen molar-refractivity contribution in [3.63, 3.8) is 0 Å². The van der Waals surface area contributed by atoms with Crippen molar-refractivity contribution in [2.24, 2.45) is 0 Å². The van der Waals surface area contributed by atoms with Crippen LogP contribution in [0.2, 0.25) is 0 Å². The van der Waals surface area contributed by atoms with Crippen LogP contribution in [0.4, 0.5) is 0 Å². The van der Waals surface area contributed by atoms with Gasteiger partial charge in [-0.2, -0.15) is 0 Å². The van der Waals surface area contributed by atoms with Crippen LogP contribution < -0.4 is 4.74 Å². The number of hydrogen-bond acceptors (Lipinski definition) is 3. The van der Waals surface area contributed by atoms with Gasteiger partial charge in [0.25, 0.3) is 0 Å². The Morgan fingerprint density at radius 2 is 1.88 bits per heavy atom. The Balaban J connectivity index is 1.77. The van der Waals surface area contributed by atoms with Crippen molar-refractivity contribution in [1.29, 1.82) is 0 Å². The number of hydrogen-bond donors (Lipinski definition) is 0.